The minimum Gasteiger partial charge on any atom is -0.365 e. The smallest absolute Gasteiger partial charge is 0.225 e. The van der Waals surface area contributed by atoms with E-state index in [0.29, 0.717) is 0 Å². The number of benzene rings is 1. The molecular formula is C16H22ClN3O. The van der Waals surface area contributed by atoms with Crippen LogP contribution in [-0.4, -0.2) is 31.6 Å². The molecule has 1 amide bonds. The first-order chi connectivity index (χ1) is 10.2. The Morgan fingerprint density at radius 3 is 3.10 bits per heavy atom. The molecule has 1 aromatic rings. The Labute approximate surface area is 130 Å². The first kappa shape index (κ1) is 14.7. The molecule has 0 radical (unpaired) electrons. The molecule has 0 aromatic heterocycles. The molecule has 3 rings (SSSR count). The number of nitrogens with zero attached hydrogens (tertiary/aromatic N) is 1. The number of piperidine rings is 1. The lowest BCUT2D eigenvalue weighted by Crippen LogP contribution is -2.45. The summed E-state index contributed by atoms with van der Waals surface area (Å²) < 4.78 is 0. The largest absolute Gasteiger partial charge is 0.365 e. The van der Waals surface area contributed by atoms with Gasteiger partial charge >= 0.3 is 0 Å². The molecule has 0 spiro atoms. The van der Waals surface area contributed by atoms with E-state index in [0.717, 1.165) is 49.7 Å². The maximum atomic E-state index is 11.9. The average Bonchev–Trinajstić information content (AvgIpc) is 2.87. The minimum atomic E-state index is 0.122. The summed E-state index contributed by atoms with van der Waals surface area (Å²) >= 11 is 6.49. The van der Waals surface area contributed by atoms with E-state index in [1.807, 2.05) is 6.07 Å². The fourth-order valence-corrected chi connectivity index (χ4v) is 3.72. The Morgan fingerprint density at radius 2 is 2.33 bits per heavy atom. The molecule has 0 saturated carbocycles. The Hall–Kier alpha value is -1.26. The molecule has 2 aliphatic rings. The zero-order chi connectivity index (χ0) is 14.8. The highest BCUT2D eigenvalue weighted by Crippen LogP contribution is 2.35. The summed E-state index contributed by atoms with van der Waals surface area (Å²) in [4.78, 5) is 14.2. The zero-order valence-electron chi connectivity index (χ0n) is 12.4. The number of anilines is 1. The molecule has 1 aromatic carbocycles. The number of hydrogen-bond donors (Lipinski definition) is 2. The van der Waals surface area contributed by atoms with Crippen LogP contribution in [0.25, 0.3) is 0 Å². The van der Waals surface area contributed by atoms with Gasteiger partial charge in [0.1, 0.15) is 0 Å². The summed E-state index contributed by atoms with van der Waals surface area (Å²) in [6.07, 6.45) is 2.03. The predicted octanol–water partition coefficient (Wildman–Crippen LogP) is 2.16. The highest BCUT2D eigenvalue weighted by Gasteiger charge is 2.41. The lowest BCUT2D eigenvalue weighted by atomic mass is 9.91. The van der Waals surface area contributed by atoms with E-state index in [4.69, 9.17) is 11.6 Å². The summed E-state index contributed by atoms with van der Waals surface area (Å²) in [6, 6.07) is 6.51. The van der Waals surface area contributed by atoms with Crippen molar-refractivity contribution in [3.8, 4) is 0 Å². The number of carbonyl (C=O) groups is 1. The molecule has 5 heteroatoms. The second-order valence-electron chi connectivity index (χ2n) is 5.82. The predicted molar refractivity (Wildman–Crippen MR) is 85.7 cm³/mol. The maximum Gasteiger partial charge on any atom is 0.225 e. The summed E-state index contributed by atoms with van der Waals surface area (Å²) in [6.45, 7) is 5.58. The van der Waals surface area contributed by atoms with Crippen LogP contribution in [0.3, 0.4) is 0 Å². The van der Waals surface area contributed by atoms with Gasteiger partial charge in [-0.3, -0.25) is 4.79 Å². The molecule has 2 aliphatic heterocycles. The van der Waals surface area contributed by atoms with Crippen LogP contribution in [-0.2, 0) is 11.3 Å². The molecule has 2 heterocycles. The van der Waals surface area contributed by atoms with E-state index >= 15 is 0 Å². The Morgan fingerprint density at radius 1 is 1.48 bits per heavy atom. The molecule has 0 aliphatic carbocycles. The number of fused-ring (bicyclic) bond motifs is 1. The molecular weight excluding hydrogens is 286 g/mol. The van der Waals surface area contributed by atoms with Crippen molar-refractivity contribution >= 4 is 23.2 Å². The lowest BCUT2D eigenvalue weighted by Gasteiger charge is -2.38. The van der Waals surface area contributed by atoms with Gasteiger partial charge in [0.2, 0.25) is 5.91 Å². The van der Waals surface area contributed by atoms with Crippen LogP contribution >= 0.6 is 11.6 Å². The number of rotatable bonds is 4. The minimum absolute atomic E-state index is 0.122. The summed E-state index contributed by atoms with van der Waals surface area (Å²) in [7, 11) is 0. The number of carbonyl (C=O) groups excluding carboxylic acids is 1. The van der Waals surface area contributed by atoms with Crippen LogP contribution in [0, 0.1) is 5.92 Å². The van der Waals surface area contributed by atoms with Crippen LogP contribution in [0.2, 0.25) is 5.02 Å². The standard InChI is InChI=1S/C16H22ClN3O/c1-2-18-9-11-5-6-14(13(17)8-11)20-7-3-4-12-15(20)10-19-16(12)21/h5-6,8,12,15,18H,2-4,7,9-10H2,1H3,(H,19,21). The molecule has 2 unspecified atom stereocenters. The van der Waals surface area contributed by atoms with E-state index in [2.05, 4.69) is 34.6 Å². The van der Waals surface area contributed by atoms with Crippen LogP contribution in [0.15, 0.2) is 18.2 Å². The fourth-order valence-electron chi connectivity index (χ4n) is 3.41. The van der Waals surface area contributed by atoms with Gasteiger partial charge in [-0.1, -0.05) is 24.6 Å². The maximum absolute atomic E-state index is 11.9. The van der Waals surface area contributed by atoms with Crippen LogP contribution < -0.4 is 15.5 Å². The van der Waals surface area contributed by atoms with E-state index < -0.39 is 0 Å². The Bertz CT molecular complexity index is 534. The number of halogens is 1. The average molecular weight is 308 g/mol. The molecule has 114 valence electrons. The van der Waals surface area contributed by atoms with Crippen LogP contribution in [0.1, 0.15) is 25.3 Å². The fraction of sp³-hybridized carbons (Fsp3) is 0.562. The quantitative estimate of drug-likeness (QED) is 0.896. The van der Waals surface area contributed by atoms with Gasteiger partial charge in [0.15, 0.2) is 0 Å². The van der Waals surface area contributed by atoms with Gasteiger partial charge < -0.3 is 15.5 Å². The van der Waals surface area contributed by atoms with Gasteiger partial charge in [0, 0.05) is 19.6 Å². The van der Waals surface area contributed by atoms with Gasteiger partial charge in [-0.2, -0.15) is 0 Å². The summed E-state index contributed by atoms with van der Waals surface area (Å²) in [5.41, 5.74) is 2.25. The third kappa shape index (κ3) is 2.87. The second-order valence-corrected chi connectivity index (χ2v) is 6.23. The summed E-state index contributed by atoms with van der Waals surface area (Å²) in [5.74, 6) is 0.320. The SMILES string of the molecule is CCNCc1ccc(N2CCCC3C(=O)NCC32)c(Cl)c1. The molecule has 2 atom stereocenters. The monoisotopic (exact) mass is 307 g/mol. The van der Waals surface area contributed by atoms with E-state index in [1.165, 1.54) is 5.56 Å². The number of hydrogen-bond acceptors (Lipinski definition) is 3. The Kier molecular flexibility index (Phi) is 4.36. The summed E-state index contributed by atoms with van der Waals surface area (Å²) in [5, 5.41) is 7.08. The van der Waals surface area contributed by atoms with Gasteiger partial charge in [-0.05, 0) is 37.1 Å². The zero-order valence-corrected chi connectivity index (χ0v) is 13.1. The van der Waals surface area contributed by atoms with E-state index in [9.17, 15) is 4.79 Å². The molecule has 4 nitrogen and oxygen atoms in total. The number of amides is 1. The third-order valence-electron chi connectivity index (χ3n) is 4.50. The van der Waals surface area contributed by atoms with Crippen molar-refractivity contribution in [2.75, 3.05) is 24.5 Å². The van der Waals surface area contributed by atoms with E-state index in [1.54, 1.807) is 0 Å². The second kappa shape index (κ2) is 6.24. The van der Waals surface area contributed by atoms with Crippen molar-refractivity contribution in [1.29, 1.82) is 0 Å². The molecule has 2 fully saturated rings. The van der Waals surface area contributed by atoms with Crippen molar-refractivity contribution in [2.24, 2.45) is 5.92 Å². The van der Waals surface area contributed by atoms with Gasteiger partial charge in [0.25, 0.3) is 0 Å². The van der Waals surface area contributed by atoms with Crippen LogP contribution in [0.4, 0.5) is 5.69 Å². The van der Waals surface area contributed by atoms with Crippen LogP contribution in [0.5, 0.6) is 0 Å². The molecule has 2 N–H and O–H groups in total. The first-order valence-electron chi connectivity index (χ1n) is 7.74. The van der Waals surface area contributed by atoms with Gasteiger partial charge in [-0.15, -0.1) is 0 Å². The first-order valence-corrected chi connectivity index (χ1v) is 8.12. The normalized spacial score (nSPS) is 24.9. The van der Waals surface area contributed by atoms with E-state index in [-0.39, 0.29) is 17.9 Å². The lowest BCUT2D eigenvalue weighted by molar-refractivity contribution is -0.122. The molecule has 0 bridgehead atoms. The Balaban J connectivity index is 1.81. The number of nitrogens with one attached hydrogen (secondary N) is 2. The van der Waals surface area contributed by atoms with Gasteiger partial charge in [-0.25, -0.2) is 0 Å². The third-order valence-corrected chi connectivity index (χ3v) is 4.80. The molecule has 2 saturated heterocycles. The van der Waals surface area contributed by atoms with Crippen molar-refractivity contribution in [3.05, 3.63) is 28.8 Å². The highest BCUT2D eigenvalue weighted by atomic mass is 35.5. The van der Waals surface area contributed by atoms with Gasteiger partial charge in [0.05, 0.1) is 22.7 Å². The molecule has 21 heavy (non-hydrogen) atoms. The van der Waals surface area contributed by atoms with Crippen molar-refractivity contribution in [2.45, 2.75) is 32.4 Å². The van der Waals surface area contributed by atoms with Crippen molar-refractivity contribution in [1.82, 2.24) is 10.6 Å². The van der Waals surface area contributed by atoms with Crippen molar-refractivity contribution < 1.29 is 4.79 Å². The topological polar surface area (TPSA) is 44.4 Å². The highest BCUT2D eigenvalue weighted by molar-refractivity contribution is 6.33. The van der Waals surface area contributed by atoms with Crippen molar-refractivity contribution in [3.63, 3.8) is 0 Å².